The molecule has 66 valence electrons. The zero-order valence-electron chi connectivity index (χ0n) is 6.45. The van der Waals surface area contributed by atoms with Crippen LogP contribution in [-0.2, 0) is 10.0 Å². The number of aliphatic hydroxyl groups is 1. The predicted molar refractivity (Wildman–Crippen MR) is 41.6 cm³/mol. The highest BCUT2D eigenvalue weighted by Crippen LogP contribution is 2.18. The Morgan fingerprint density at radius 3 is 2.45 bits per heavy atom. The molecule has 0 heterocycles. The molecule has 0 bridgehead atoms. The van der Waals surface area contributed by atoms with Gasteiger partial charge in [-0.25, -0.2) is 13.1 Å². The third-order valence-electron chi connectivity index (χ3n) is 1.84. The molecular formula is C6H13NO3S. The summed E-state index contributed by atoms with van der Waals surface area (Å²) in [5, 5.41) is 9.23. The normalized spacial score (nSPS) is 32.5. The van der Waals surface area contributed by atoms with Gasteiger partial charge >= 0.3 is 0 Å². The van der Waals surface area contributed by atoms with Gasteiger partial charge in [0.1, 0.15) is 0 Å². The Balaban J connectivity index is 2.50. The summed E-state index contributed by atoms with van der Waals surface area (Å²) in [6, 6.07) is -0.259. The third kappa shape index (κ3) is 2.76. The molecule has 1 aliphatic carbocycles. The molecule has 1 fully saturated rings. The van der Waals surface area contributed by atoms with Crippen LogP contribution in [0.3, 0.4) is 0 Å². The maximum absolute atomic E-state index is 10.7. The molecule has 1 saturated carbocycles. The minimum Gasteiger partial charge on any atom is -0.391 e. The van der Waals surface area contributed by atoms with Gasteiger partial charge in [-0.15, -0.1) is 0 Å². The van der Waals surface area contributed by atoms with Crippen LogP contribution in [0.2, 0.25) is 0 Å². The SMILES string of the molecule is CS(=O)(=O)N[C@@H]1CCC[C@@H]1O. The molecule has 11 heavy (non-hydrogen) atoms. The topological polar surface area (TPSA) is 66.4 Å². The zero-order chi connectivity index (χ0) is 8.48. The van der Waals surface area contributed by atoms with Crippen LogP contribution in [0.25, 0.3) is 0 Å². The van der Waals surface area contributed by atoms with E-state index in [-0.39, 0.29) is 6.04 Å². The van der Waals surface area contributed by atoms with Gasteiger partial charge in [-0.05, 0) is 19.3 Å². The first-order chi connectivity index (χ1) is 4.99. The highest BCUT2D eigenvalue weighted by Gasteiger charge is 2.27. The van der Waals surface area contributed by atoms with Gasteiger partial charge in [0.2, 0.25) is 10.0 Å². The minimum absolute atomic E-state index is 0.259. The molecule has 0 saturated heterocycles. The first-order valence-electron chi connectivity index (χ1n) is 3.64. The van der Waals surface area contributed by atoms with E-state index >= 15 is 0 Å². The van der Waals surface area contributed by atoms with E-state index in [9.17, 15) is 13.5 Å². The van der Waals surface area contributed by atoms with E-state index in [2.05, 4.69) is 4.72 Å². The molecule has 0 aromatic heterocycles. The number of hydrogen-bond acceptors (Lipinski definition) is 3. The fourth-order valence-corrected chi connectivity index (χ4v) is 2.18. The van der Waals surface area contributed by atoms with Crippen LogP contribution in [0.15, 0.2) is 0 Å². The first kappa shape index (κ1) is 8.96. The first-order valence-corrected chi connectivity index (χ1v) is 5.53. The Hall–Kier alpha value is -0.130. The zero-order valence-corrected chi connectivity index (χ0v) is 7.26. The van der Waals surface area contributed by atoms with Crippen molar-refractivity contribution in [3.05, 3.63) is 0 Å². The number of hydrogen-bond donors (Lipinski definition) is 2. The van der Waals surface area contributed by atoms with Gasteiger partial charge in [-0.1, -0.05) is 0 Å². The van der Waals surface area contributed by atoms with E-state index in [0.717, 1.165) is 19.1 Å². The molecule has 1 aliphatic rings. The van der Waals surface area contributed by atoms with Crippen LogP contribution in [0.4, 0.5) is 0 Å². The average molecular weight is 179 g/mol. The summed E-state index contributed by atoms with van der Waals surface area (Å²) in [5.41, 5.74) is 0. The van der Waals surface area contributed by atoms with Crippen molar-refractivity contribution in [3.8, 4) is 0 Å². The lowest BCUT2D eigenvalue weighted by Crippen LogP contribution is -2.39. The predicted octanol–water partition coefficient (Wildman–Crippen LogP) is -0.551. The van der Waals surface area contributed by atoms with E-state index in [0.29, 0.717) is 6.42 Å². The molecule has 2 N–H and O–H groups in total. The highest BCUT2D eigenvalue weighted by atomic mass is 32.2. The minimum atomic E-state index is -3.15. The number of aliphatic hydroxyl groups excluding tert-OH is 1. The molecule has 2 atom stereocenters. The van der Waals surface area contributed by atoms with Crippen molar-refractivity contribution in [2.75, 3.05) is 6.26 Å². The Kier molecular flexibility index (Phi) is 2.51. The van der Waals surface area contributed by atoms with Gasteiger partial charge in [0.15, 0.2) is 0 Å². The summed E-state index contributed by atoms with van der Waals surface area (Å²) in [4.78, 5) is 0. The number of rotatable bonds is 2. The van der Waals surface area contributed by atoms with Gasteiger partial charge in [-0.2, -0.15) is 0 Å². The van der Waals surface area contributed by atoms with Gasteiger partial charge in [0.05, 0.1) is 12.4 Å². The van der Waals surface area contributed by atoms with Gasteiger partial charge in [0.25, 0.3) is 0 Å². The van der Waals surface area contributed by atoms with Crippen molar-refractivity contribution in [1.82, 2.24) is 4.72 Å². The van der Waals surface area contributed by atoms with Crippen molar-refractivity contribution in [3.63, 3.8) is 0 Å². The van der Waals surface area contributed by atoms with E-state index in [1.807, 2.05) is 0 Å². The quantitative estimate of drug-likeness (QED) is 0.597. The molecule has 1 rings (SSSR count). The number of sulfonamides is 1. The van der Waals surface area contributed by atoms with Crippen molar-refractivity contribution in [2.24, 2.45) is 0 Å². The fourth-order valence-electron chi connectivity index (χ4n) is 1.35. The molecule has 4 nitrogen and oxygen atoms in total. The standard InChI is InChI=1S/C6H13NO3S/c1-11(9,10)7-5-3-2-4-6(5)8/h5-8H,2-4H2,1H3/t5-,6+/m1/s1. The Morgan fingerprint density at radius 1 is 1.45 bits per heavy atom. The van der Waals surface area contributed by atoms with Crippen LogP contribution < -0.4 is 4.72 Å². The van der Waals surface area contributed by atoms with Crippen molar-refractivity contribution in [2.45, 2.75) is 31.4 Å². The lowest BCUT2D eigenvalue weighted by molar-refractivity contribution is 0.159. The Bertz CT molecular complexity index is 224. The lowest BCUT2D eigenvalue weighted by Gasteiger charge is -2.13. The molecule has 0 aromatic carbocycles. The molecule has 0 unspecified atom stereocenters. The average Bonchev–Trinajstić information content (AvgIpc) is 2.12. The van der Waals surface area contributed by atoms with Crippen LogP contribution in [0.5, 0.6) is 0 Å². The van der Waals surface area contributed by atoms with E-state index in [1.165, 1.54) is 0 Å². The lowest BCUT2D eigenvalue weighted by atomic mass is 10.2. The van der Waals surface area contributed by atoms with Crippen molar-refractivity contribution >= 4 is 10.0 Å². The molecule has 0 amide bonds. The molecule has 0 aliphatic heterocycles. The van der Waals surface area contributed by atoms with Gasteiger partial charge < -0.3 is 5.11 Å². The molecule has 0 spiro atoms. The van der Waals surface area contributed by atoms with Gasteiger partial charge in [-0.3, -0.25) is 0 Å². The largest absolute Gasteiger partial charge is 0.391 e. The summed E-state index contributed by atoms with van der Waals surface area (Å²) >= 11 is 0. The molecule has 5 heteroatoms. The van der Waals surface area contributed by atoms with Crippen LogP contribution >= 0.6 is 0 Å². The van der Waals surface area contributed by atoms with E-state index < -0.39 is 16.1 Å². The monoisotopic (exact) mass is 179 g/mol. The second-order valence-electron chi connectivity index (χ2n) is 2.99. The second kappa shape index (κ2) is 3.08. The van der Waals surface area contributed by atoms with E-state index in [1.54, 1.807) is 0 Å². The Morgan fingerprint density at radius 2 is 2.09 bits per heavy atom. The summed E-state index contributed by atoms with van der Waals surface area (Å²) in [6.45, 7) is 0. The maximum atomic E-state index is 10.7. The number of nitrogens with one attached hydrogen (secondary N) is 1. The maximum Gasteiger partial charge on any atom is 0.209 e. The summed E-state index contributed by atoms with van der Waals surface area (Å²) in [6.07, 6.45) is 2.96. The molecular weight excluding hydrogens is 166 g/mol. The molecule has 0 aromatic rings. The van der Waals surface area contributed by atoms with Gasteiger partial charge in [0, 0.05) is 6.04 Å². The van der Waals surface area contributed by atoms with Crippen molar-refractivity contribution < 1.29 is 13.5 Å². The fraction of sp³-hybridized carbons (Fsp3) is 1.00. The summed E-state index contributed by atoms with van der Waals surface area (Å²) < 4.78 is 23.8. The highest BCUT2D eigenvalue weighted by molar-refractivity contribution is 7.88. The second-order valence-corrected chi connectivity index (χ2v) is 4.77. The van der Waals surface area contributed by atoms with Crippen LogP contribution in [0, 0.1) is 0 Å². The third-order valence-corrected chi connectivity index (χ3v) is 2.58. The van der Waals surface area contributed by atoms with Crippen LogP contribution in [0.1, 0.15) is 19.3 Å². The smallest absolute Gasteiger partial charge is 0.209 e. The Labute approximate surface area is 66.7 Å². The molecule has 0 radical (unpaired) electrons. The summed E-state index contributed by atoms with van der Waals surface area (Å²) in [5.74, 6) is 0. The van der Waals surface area contributed by atoms with Crippen molar-refractivity contribution in [1.29, 1.82) is 0 Å². The van der Waals surface area contributed by atoms with E-state index in [4.69, 9.17) is 0 Å². The van der Waals surface area contributed by atoms with Crippen LogP contribution in [-0.4, -0.2) is 31.9 Å². The summed E-state index contributed by atoms with van der Waals surface area (Å²) in [7, 11) is -3.15.